The van der Waals surface area contributed by atoms with E-state index >= 15 is 0 Å². The molecule has 0 aliphatic rings. The fraction of sp³-hybridized carbons (Fsp3) is 0.200. The average Bonchev–Trinajstić information content (AvgIpc) is 2.41. The summed E-state index contributed by atoms with van der Waals surface area (Å²) in [5.74, 6) is 0.754. The molecule has 0 spiro atoms. The number of nitrogens with two attached hydrogens (primary N) is 1. The summed E-state index contributed by atoms with van der Waals surface area (Å²) in [6.07, 6.45) is 0. The van der Waals surface area contributed by atoms with Crippen LogP contribution in [0.5, 0.6) is 5.75 Å². The summed E-state index contributed by atoms with van der Waals surface area (Å²) in [4.78, 5) is 2.06. The van der Waals surface area contributed by atoms with Crippen molar-refractivity contribution in [3.05, 3.63) is 42.5 Å². The molecule has 0 bridgehead atoms. The Balaban J connectivity index is 2.31. The zero-order chi connectivity index (χ0) is 13.8. The summed E-state index contributed by atoms with van der Waals surface area (Å²) >= 11 is 0. The van der Waals surface area contributed by atoms with Crippen LogP contribution in [0.25, 0.3) is 0 Å². The van der Waals surface area contributed by atoms with E-state index in [0.29, 0.717) is 5.69 Å². The van der Waals surface area contributed by atoms with E-state index < -0.39 is 0 Å². The van der Waals surface area contributed by atoms with Gasteiger partial charge in [0.2, 0.25) is 0 Å². The number of methoxy groups -OCH3 is 1. The van der Waals surface area contributed by atoms with E-state index in [0.717, 1.165) is 22.8 Å². The molecule has 19 heavy (non-hydrogen) atoms. The van der Waals surface area contributed by atoms with Gasteiger partial charge in [-0.25, -0.2) is 0 Å². The van der Waals surface area contributed by atoms with Crippen LogP contribution >= 0.6 is 0 Å². The molecule has 0 saturated heterocycles. The van der Waals surface area contributed by atoms with Crippen LogP contribution in [0.1, 0.15) is 0 Å². The zero-order valence-electron chi connectivity index (χ0n) is 11.5. The highest BCUT2D eigenvalue weighted by molar-refractivity contribution is 5.80. The van der Waals surface area contributed by atoms with Gasteiger partial charge in [-0.05, 0) is 24.3 Å². The molecular formula is C15H19N3O. The van der Waals surface area contributed by atoms with Crippen LogP contribution in [0.2, 0.25) is 0 Å². The lowest BCUT2D eigenvalue weighted by Gasteiger charge is -2.19. The molecule has 0 saturated carbocycles. The molecule has 0 aromatic heterocycles. The van der Waals surface area contributed by atoms with Crippen molar-refractivity contribution in [3.63, 3.8) is 0 Å². The molecule has 0 atom stereocenters. The summed E-state index contributed by atoms with van der Waals surface area (Å²) in [6.45, 7) is 0. The summed E-state index contributed by atoms with van der Waals surface area (Å²) in [5.41, 5.74) is 9.67. The standard InChI is InChI=1S/C15H19N3O/c1-18(2)15-7-5-4-6-14(15)17-13-9-8-11(19-3)10-12(13)16/h4-10,17H,16H2,1-3H3. The van der Waals surface area contributed by atoms with Crippen LogP contribution in [0, 0.1) is 0 Å². The smallest absolute Gasteiger partial charge is 0.121 e. The van der Waals surface area contributed by atoms with Gasteiger partial charge in [0.15, 0.2) is 0 Å². The molecule has 2 aromatic rings. The Morgan fingerprint density at radius 2 is 1.79 bits per heavy atom. The zero-order valence-corrected chi connectivity index (χ0v) is 11.5. The Hall–Kier alpha value is -2.36. The van der Waals surface area contributed by atoms with Gasteiger partial charge in [-0.3, -0.25) is 0 Å². The van der Waals surface area contributed by atoms with Gasteiger partial charge in [-0.2, -0.15) is 0 Å². The third kappa shape index (κ3) is 2.91. The predicted octanol–water partition coefficient (Wildman–Crippen LogP) is 3.09. The number of nitrogen functional groups attached to an aromatic ring is 1. The van der Waals surface area contributed by atoms with E-state index in [9.17, 15) is 0 Å². The molecule has 2 rings (SSSR count). The molecule has 0 radical (unpaired) electrons. The maximum atomic E-state index is 6.01. The summed E-state index contributed by atoms with van der Waals surface area (Å²) in [6, 6.07) is 13.7. The second-order valence-electron chi connectivity index (χ2n) is 4.49. The molecule has 0 unspecified atom stereocenters. The van der Waals surface area contributed by atoms with Crippen molar-refractivity contribution in [1.29, 1.82) is 0 Å². The lowest BCUT2D eigenvalue weighted by atomic mass is 10.2. The molecule has 0 fully saturated rings. The van der Waals surface area contributed by atoms with Crippen LogP contribution in [0.4, 0.5) is 22.7 Å². The van der Waals surface area contributed by atoms with Gasteiger partial charge < -0.3 is 20.7 Å². The van der Waals surface area contributed by atoms with Gasteiger partial charge in [-0.15, -0.1) is 0 Å². The van der Waals surface area contributed by atoms with Gasteiger partial charge in [0.25, 0.3) is 0 Å². The third-order valence-corrected chi connectivity index (χ3v) is 2.91. The Morgan fingerprint density at radius 3 is 2.42 bits per heavy atom. The van der Waals surface area contributed by atoms with Crippen molar-refractivity contribution >= 4 is 22.7 Å². The number of para-hydroxylation sites is 2. The molecule has 0 amide bonds. The Morgan fingerprint density at radius 1 is 1.05 bits per heavy atom. The Labute approximate surface area is 113 Å². The summed E-state index contributed by atoms with van der Waals surface area (Å²) in [5, 5.41) is 3.35. The normalized spacial score (nSPS) is 10.1. The number of ether oxygens (including phenoxy) is 1. The van der Waals surface area contributed by atoms with Gasteiger partial charge >= 0.3 is 0 Å². The van der Waals surface area contributed by atoms with Gasteiger partial charge in [0.1, 0.15) is 5.75 Å². The first kappa shape index (κ1) is 13.1. The van der Waals surface area contributed by atoms with E-state index in [1.807, 2.05) is 44.4 Å². The van der Waals surface area contributed by atoms with Crippen molar-refractivity contribution in [2.75, 3.05) is 37.2 Å². The minimum absolute atomic E-state index is 0.660. The quantitative estimate of drug-likeness (QED) is 0.826. The second-order valence-corrected chi connectivity index (χ2v) is 4.49. The number of anilines is 4. The minimum Gasteiger partial charge on any atom is -0.497 e. The molecular weight excluding hydrogens is 238 g/mol. The number of nitrogens with zero attached hydrogens (tertiary/aromatic N) is 1. The van der Waals surface area contributed by atoms with Crippen LogP contribution in [0.3, 0.4) is 0 Å². The SMILES string of the molecule is COc1ccc(Nc2ccccc2N(C)C)c(N)c1. The van der Waals surface area contributed by atoms with Crippen molar-refractivity contribution < 1.29 is 4.74 Å². The van der Waals surface area contributed by atoms with Crippen molar-refractivity contribution in [3.8, 4) is 5.75 Å². The predicted molar refractivity (Wildman–Crippen MR) is 81.5 cm³/mol. The monoisotopic (exact) mass is 257 g/mol. The van der Waals surface area contributed by atoms with E-state index in [2.05, 4.69) is 16.3 Å². The molecule has 0 aliphatic heterocycles. The first-order valence-corrected chi connectivity index (χ1v) is 6.08. The van der Waals surface area contributed by atoms with Crippen molar-refractivity contribution in [1.82, 2.24) is 0 Å². The van der Waals surface area contributed by atoms with Gasteiger partial charge in [-0.1, -0.05) is 12.1 Å². The molecule has 4 heteroatoms. The summed E-state index contributed by atoms with van der Waals surface area (Å²) in [7, 11) is 5.65. The van der Waals surface area contributed by atoms with Crippen LogP contribution in [0.15, 0.2) is 42.5 Å². The second kappa shape index (κ2) is 5.52. The third-order valence-electron chi connectivity index (χ3n) is 2.91. The number of hydrogen-bond donors (Lipinski definition) is 2. The van der Waals surface area contributed by atoms with Crippen LogP contribution in [-0.2, 0) is 0 Å². The van der Waals surface area contributed by atoms with Crippen molar-refractivity contribution in [2.45, 2.75) is 0 Å². The summed E-state index contributed by atoms with van der Waals surface area (Å²) < 4.78 is 5.15. The van der Waals surface area contributed by atoms with E-state index in [4.69, 9.17) is 10.5 Å². The molecule has 4 nitrogen and oxygen atoms in total. The molecule has 0 heterocycles. The number of benzene rings is 2. The Bertz CT molecular complexity index is 567. The van der Waals surface area contributed by atoms with E-state index in [-0.39, 0.29) is 0 Å². The molecule has 0 aliphatic carbocycles. The molecule has 3 N–H and O–H groups in total. The maximum Gasteiger partial charge on any atom is 0.121 e. The van der Waals surface area contributed by atoms with Gasteiger partial charge in [0, 0.05) is 20.2 Å². The topological polar surface area (TPSA) is 50.5 Å². The average molecular weight is 257 g/mol. The lowest BCUT2D eigenvalue weighted by molar-refractivity contribution is 0.415. The number of rotatable bonds is 4. The first-order chi connectivity index (χ1) is 9.11. The van der Waals surface area contributed by atoms with E-state index in [1.165, 1.54) is 0 Å². The van der Waals surface area contributed by atoms with E-state index in [1.54, 1.807) is 13.2 Å². The van der Waals surface area contributed by atoms with Crippen molar-refractivity contribution in [2.24, 2.45) is 0 Å². The van der Waals surface area contributed by atoms with Crippen LogP contribution < -0.4 is 20.7 Å². The fourth-order valence-electron chi connectivity index (χ4n) is 1.90. The first-order valence-electron chi connectivity index (χ1n) is 6.08. The highest BCUT2D eigenvalue weighted by Gasteiger charge is 2.06. The van der Waals surface area contributed by atoms with Crippen LogP contribution in [-0.4, -0.2) is 21.2 Å². The lowest BCUT2D eigenvalue weighted by Crippen LogP contribution is -2.11. The number of hydrogen-bond acceptors (Lipinski definition) is 4. The Kier molecular flexibility index (Phi) is 3.80. The molecule has 2 aromatic carbocycles. The number of nitrogens with one attached hydrogen (secondary N) is 1. The minimum atomic E-state index is 0.660. The highest BCUT2D eigenvalue weighted by atomic mass is 16.5. The highest BCUT2D eigenvalue weighted by Crippen LogP contribution is 2.31. The maximum absolute atomic E-state index is 6.01. The molecule has 100 valence electrons. The largest absolute Gasteiger partial charge is 0.497 e. The fourth-order valence-corrected chi connectivity index (χ4v) is 1.90. The van der Waals surface area contributed by atoms with Gasteiger partial charge in [0.05, 0.1) is 29.9 Å².